The van der Waals surface area contributed by atoms with Gasteiger partial charge in [-0.2, -0.15) is 10.4 Å². The van der Waals surface area contributed by atoms with Gasteiger partial charge in [-0.05, 0) is 36.6 Å². The molecule has 0 saturated carbocycles. The highest BCUT2D eigenvalue weighted by molar-refractivity contribution is 6.31. The van der Waals surface area contributed by atoms with E-state index in [1.807, 2.05) is 24.3 Å². The highest BCUT2D eigenvalue weighted by Gasteiger charge is 2.18. The molecule has 1 aromatic carbocycles. The van der Waals surface area contributed by atoms with E-state index in [1.165, 1.54) is 0 Å². The molecule has 0 atom stereocenters. The van der Waals surface area contributed by atoms with Crippen LogP contribution < -0.4 is 4.74 Å². The molecule has 20 heavy (non-hydrogen) atoms. The molecular weight excluding hydrogens is 274 g/mol. The third kappa shape index (κ3) is 2.78. The Hall–Kier alpha value is -1.99. The first-order chi connectivity index (χ1) is 9.56. The van der Waals surface area contributed by atoms with E-state index in [9.17, 15) is 5.26 Å². The Kier molecular flexibility index (Phi) is 4.31. The molecule has 0 radical (unpaired) electrons. The minimum Gasteiger partial charge on any atom is -0.497 e. The van der Waals surface area contributed by atoms with E-state index < -0.39 is 0 Å². The first kappa shape index (κ1) is 14.4. The van der Waals surface area contributed by atoms with Gasteiger partial charge in [-0.1, -0.05) is 25.4 Å². The summed E-state index contributed by atoms with van der Waals surface area (Å²) in [6, 6.07) is 9.53. The molecule has 0 amide bonds. The molecule has 0 aliphatic rings. The second kappa shape index (κ2) is 5.98. The number of aromatic nitrogens is 2. The van der Waals surface area contributed by atoms with Crippen LogP contribution in [0.4, 0.5) is 0 Å². The molecule has 2 rings (SSSR count). The average Bonchev–Trinajstić information content (AvgIpc) is 2.74. The Labute approximate surface area is 123 Å². The smallest absolute Gasteiger partial charge is 0.150 e. The van der Waals surface area contributed by atoms with Gasteiger partial charge in [0.2, 0.25) is 0 Å². The second-order valence-electron chi connectivity index (χ2n) is 4.93. The van der Waals surface area contributed by atoms with Gasteiger partial charge in [-0.3, -0.25) is 0 Å². The first-order valence-electron chi connectivity index (χ1n) is 6.38. The van der Waals surface area contributed by atoms with Crippen molar-refractivity contribution in [2.45, 2.75) is 20.3 Å². The predicted octanol–water partition coefficient (Wildman–Crippen LogP) is 3.60. The summed E-state index contributed by atoms with van der Waals surface area (Å²) in [6.45, 7) is 4.17. The minimum absolute atomic E-state index is 0.355. The SMILES string of the molecule is COc1ccc(-n2nc(CC(C)C)c(C#N)c2Cl)cc1. The molecule has 0 saturated heterocycles. The molecule has 0 unspecified atom stereocenters. The lowest BCUT2D eigenvalue weighted by Crippen LogP contribution is -2.00. The summed E-state index contributed by atoms with van der Waals surface area (Å²) in [5, 5.41) is 14.1. The summed E-state index contributed by atoms with van der Waals surface area (Å²) < 4.78 is 6.72. The minimum atomic E-state index is 0.355. The van der Waals surface area contributed by atoms with E-state index in [-0.39, 0.29) is 0 Å². The van der Waals surface area contributed by atoms with Gasteiger partial charge < -0.3 is 4.74 Å². The monoisotopic (exact) mass is 289 g/mol. The van der Waals surface area contributed by atoms with E-state index in [2.05, 4.69) is 25.0 Å². The van der Waals surface area contributed by atoms with Crippen LogP contribution in [0.1, 0.15) is 25.1 Å². The van der Waals surface area contributed by atoms with Gasteiger partial charge >= 0.3 is 0 Å². The normalized spacial score (nSPS) is 10.6. The van der Waals surface area contributed by atoms with E-state index >= 15 is 0 Å². The number of nitrogens with zero attached hydrogens (tertiary/aromatic N) is 3. The summed E-state index contributed by atoms with van der Waals surface area (Å²) in [5.74, 6) is 1.18. The van der Waals surface area contributed by atoms with Crippen LogP contribution >= 0.6 is 11.6 Å². The molecule has 0 fully saturated rings. The van der Waals surface area contributed by atoms with Gasteiger partial charge in [0.25, 0.3) is 0 Å². The molecule has 104 valence electrons. The summed E-state index contributed by atoms with van der Waals surface area (Å²) >= 11 is 6.27. The van der Waals surface area contributed by atoms with Gasteiger partial charge in [0.05, 0.1) is 18.5 Å². The molecule has 0 aliphatic heterocycles. The summed E-state index contributed by atoms with van der Waals surface area (Å²) in [7, 11) is 1.62. The largest absolute Gasteiger partial charge is 0.497 e. The number of rotatable bonds is 4. The van der Waals surface area contributed by atoms with E-state index in [0.29, 0.717) is 16.6 Å². The van der Waals surface area contributed by atoms with Crippen LogP contribution in [-0.2, 0) is 6.42 Å². The maximum Gasteiger partial charge on any atom is 0.150 e. The van der Waals surface area contributed by atoms with Crippen molar-refractivity contribution in [1.82, 2.24) is 9.78 Å². The lowest BCUT2D eigenvalue weighted by Gasteiger charge is -2.04. The quantitative estimate of drug-likeness (QED) is 0.864. The molecule has 0 aliphatic carbocycles. The topological polar surface area (TPSA) is 50.8 Å². The second-order valence-corrected chi connectivity index (χ2v) is 5.29. The van der Waals surface area contributed by atoms with Gasteiger partial charge in [0.1, 0.15) is 17.4 Å². The van der Waals surface area contributed by atoms with Crippen molar-refractivity contribution in [1.29, 1.82) is 5.26 Å². The molecule has 0 spiro atoms. The Bertz CT molecular complexity index is 638. The third-order valence-electron chi connectivity index (χ3n) is 2.93. The fourth-order valence-corrected chi connectivity index (χ4v) is 2.26. The number of nitriles is 1. The van der Waals surface area contributed by atoms with Crippen LogP contribution in [0.2, 0.25) is 5.15 Å². The number of ether oxygens (including phenoxy) is 1. The number of hydrogen-bond acceptors (Lipinski definition) is 3. The van der Waals surface area contributed by atoms with Crippen LogP contribution in [0.5, 0.6) is 5.75 Å². The Morgan fingerprint density at radius 1 is 1.35 bits per heavy atom. The molecule has 1 aromatic heterocycles. The fraction of sp³-hybridized carbons (Fsp3) is 0.333. The Morgan fingerprint density at radius 3 is 2.50 bits per heavy atom. The summed E-state index contributed by atoms with van der Waals surface area (Å²) in [4.78, 5) is 0. The van der Waals surface area contributed by atoms with Crippen LogP contribution in [0.15, 0.2) is 24.3 Å². The maximum absolute atomic E-state index is 9.25. The first-order valence-corrected chi connectivity index (χ1v) is 6.76. The highest BCUT2D eigenvalue weighted by atomic mass is 35.5. The zero-order chi connectivity index (χ0) is 14.7. The predicted molar refractivity (Wildman–Crippen MR) is 78.4 cm³/mol. The molecule has 0 N–H and O–H groups in total. The molecular formula is C15H16ClN3O. The van der Waals surface area contributed by atoms with Crippen molar-refractivity contribution in [2.24, 2.45) is 5.92 Å². The standard InChI is InChI=1S/C15H16ClN3O/c1-10(2)8-14-13(9-17)15(16)19(18-14)11-4-6-12(20-3)7-5-11/h4-7,10H,8H2,1-3H3. The number of hydrogen-bond donors (Lipinski definition) is 0. The van der Waals surface area contributed by atoms with E-state index in [4.69, 9.17) is 16.3 Å². The van der Waals surface area contributed by atoms with Gasteiger partial charge in [0, 0.05) is 0 Å². The molecule has 1 heterocycles. The van der Waals surface area contributed by atoms with Gasteiger partial charge in [0.15, 0.2) is 5.15 Å². The lowest BCUT2D eigenvalue weighted by atomic mass is 10.1. The van der Waals surface area contributed by atoms with Crippen molar-refractivity contribution in [3.05, 3.63) is 40.7 Å². The molecule has 2 aromatic rings. The number of halogens is 1. The lowest BCUT2D eigenvalue weighted by molar-refractivity contribution is 0.414. The summed E-state index contributed by atoms with van der Waals surface area (Å²) in [5.41, 5.74) is 2.00. The van der Waals surface area contributed by atoms with Gasteiger partial charge in [-0.25, -0.2) is 4.68 Å². The van der Waals surface area contributed by atoms with Crippen LogP contribution in [0, 0.1) is 17.2 Å². The van der Waals surface area contributed by atoms with Gasteiger partial charge in [-0.15, -0.1) is 0 Å². The summed E-state index contributed by atoms with van der Waals surface area (Å²) in [6.07, 6.45) is 0.728. The Balaban J connectivity index is 2.46. The molecule has 0 bridgehead atoms. The highest BCUT2D eigenvalue weighted by Crippen LogP contribution is 2.25. The fourth-order valence-electron chi connectivity index (χ4n) is 1.97. The number of benzene rings is 1. The maximum atomic E-state index is 9.25. The number of methoxy groups -OCH3 is 1. The van der Waals surface area contributed by atoms with Crippen molar-refractivity contribution < 1.29 is 4.74 Å². The zero-order valence-corrected chi connectivity index (χ0v) is 12.5. The van der Waals surface area contributed by atoms with Crippen molar-refractivity contribution in [2.75, 3.05) is 7.11 Å². The van der Waals surface area contributed by atoms with Crippen LogP contribution in [0.3, 0.4) is 0 Å². The third-order valence-corrected chi connectivity index (χ3v) is 3.28. The molecule has 4 nitrogen and oxygen atoms in total. The Morgan fingerprint density at radius 2 is 2.00 bits per heavy atom. The van der Waals surface area contributed by atoms with Crippen molar-refractivity contribution >= 4 is 11.6 Å². The van der Waals surface area contributed by atoms with E-state index in [0.717, 1.165) is 23.6 Å². The van der Waals surface area contributed by atoms with E-state index in [1.54, 1.807) is 11.8 Å². The molecule has 5 heteroatoms. The van der Waals surface area contributed by atoms with Crippen LogP contribution in [-0.4, -0.2) is 16.9 Å². The van der Waals surface area contributed by atoms with Crippen molar-refractivity contribution in [3.63, 3.8) is 0 Å². The van der Waals surface area contributed by atoms with Crippen molar-refractivity contribution in [3.8, 4) is 17.5 Å². The average molecular weight is 290 g/mol. The zero-order valence-electron chi connectivity index (χ0n) is 11.7. The van der Waals surface area contributed by atoms with Crippen LogP contribution in [0.25, 0.3) is 5.69 Å².